The van der Waals surface area contributed by atoms with Crippen molar-refractivity contribution >= 4 is 5.96 Å². The van der Waals surface area contributed by atoms with Gasteiger partial charge in [-0.05, 0) is 50.4 Å². The van der Waals surface area contributed by atoms with Crippen LogP contribution in [0.4, 0.5) is 0 Å². The Kier molecular flexibility index (Phi) is 7.21. The second-order valence-corrected chi connectivity index (χ2v) is 5.70. The van der Waals surface area contributed by atoms with Crippen molar-refractivity contribution in [2.45, 2.75) is 52.9 Å². The first-order valence-electron chi connectivity index (χ1n) is 7.82. The normalized spacial score (nSPS) is 16.5. The van der Waals surface area contributed by atoms with Crippen molar-refractivity contribution in [1.29, 1.82) is 0 Å². The average Bonchev–Trinajstić information content (AvgIpc) is 3.24. The van der Waals surface area contributed by atoms with Crippen LogP contribution in [-0.2, 0) is 0 Å². The van der Waals surface area contributed by atoms with Gasteiger partial charge in [0.15, 0.2) is 5.96 Å². The van der Waals surface area contributed by atoms with Crippen LogP contribution in [0.25, 0.3) is 0 Å². The van der Waals surface area contributed by atoms with E-state index in [2.05, 4.69) is 31.4 Å². The van der Waals surface area contributed by atoms with E-state index in [-0.39, 0.29) is 12.0 Å². The molecule has 0 heterocycles. The Bertz CT molecular complexity index is 271. The molecule has 0 aliphatic heterocycles. The second-order valence-electron chi connectivity index (χ2n) is 5.70. The van der Waals surface area contributed by atoms with Gasteiger partial charge in [-0.15, -0.1) is 0 Å². The van der Waals surface area contributed by atoms with E-state index in [9.17, 15) is 5.11 Å². The lowest BCUT2D eigenvalue weighted by molar-refractivity contribution is 0.175. The molecule has 19 heavy (non-hydrogen) atoms. The maximum absolute atomic E-state index is 9.24. The van der Waals surface area contributed by atoms with Gasteiger partial charge in [0, 0.05) is 26.2 Å². The molecule has 0 aromatic rings. The monoisotopic (exact) mass is 269 g/mol. The van der Waals surface area contributed by atoms with Gasteiger partial charge in [-0.2, -0.15) is 0 Å². The molecule has 1 rings (SSSR count). The lowest BCUT2D eigenvalue weighted by Crippen LogP contribution is -2.39. The van der Waals surface area contributed by atoms with Crippen molar-refractivity contribution in [3.63, 3.8) is 0 Å². The highest BCUT2D eigenvalue weighted by Crippen LogP contribution is 2.30. The standard InChI is InChI=1S/C15H31N3O/c1-4-15(5-2,9-10-19)12-18-14(16-6-3)17-11-13-7-8-13/h13,19H,4-12H2,1-3H3,(H2,16,17,18). The van der Waals surface area contributed by atoms with Gasteiger partial charge in [-0.25, -0.2) is 0 Å². The van der Waals surface area contributed by atoms with Crippen LogP contribution in [0, 0.1) is 11.3 Å². The van der Waals surface area contributed by atoms with Crippen molar-refractivity contribution in [2.24, 2.45) is 16.3 Å². The third-order valence-electron chi connectivity index (χ3n) is 4.31. The smallest absolute Gasteiger partial charge is 0.191 e. The molecule has 0 spiro atoms. The van der Waals surface area contributed by atoms with E-state index >= 15 is 0 Å². The van der Waals surface area contributed by atoms with Crippen molar-refractivity contribution in [3.05, 3.63) is 0 Å². The summed E-state index contributed by atoms with van der Waals surface area (Å²) in [7, 11) is 0. The predicted octanol–water partition coefficient (Wildman–Crippen LogP) is 2.14. The molecule has 1 saturated carbocycles. The number of nitrogens with one attached hydrogen (secondary N) is 2. The molecular formula is C15H31N3O. The summed E-state index contributed by atoms with van der Waals surface area (Å²) in [5, 5.41) is 16.0. The van der Waals surface area contributed by atoms with Crippen molar-refractivity contribution in [2.75, 3.05) is 26.2 Å². The summed E-state index contributed by atoms with van der Waals surface area (Å²) >= 11 is 0. The minimum atomic E-state index is 0.149. The maximum atomic E-state index is 9.24. The van der Waals surface area contributed by atoms with Crippen LogP contribution < -0.4 is 10.6 Å². The summed E-state index contributed by atoms with van der Waals surface area (Å²) in [6.07, 6.45) is 5.67. The number of hydrogen-bond donors (Lipinski definition) is 3. The van der Waals surface area contributed by atoms with Crippen LogP contribution in [0.15, 0.2) is 4.99 Å². The number of guanidine groups is 1. The SMILES string of the molecule is CCNC(=NCC(CC)(CC)CCO)NCC1CC1. The van der Waals surface area contributed by atoms with E-state index in [1.165, 1.54) is 12.8 Å². The fourth-order valence-electron chi connectivity index (χ4n) is 2.29. The van der Waals surface area contributed by atoms with Crippen LogP contribution in [-0.4, -0.2) is 37.3 Å². The largest absolute Gasteiger partial charge is 0.396 e. The number of aliphatic hydroxyl groups is 1. The first kappa shape index (κ1) is 16.3. The van der Waals surface area contributed by atoms with E-state index in [1.54, 1.807) is 0 Å². The number of aliphatic hydroxyl groups excluding tert-OH is 1. The molecule has 0 saturated heterocycles. The Hall–Kier alpha value is -0.770. The first-order chi connectivity index (χ1) is 9.19. The Balaban J connectivity index is 2.53. The second kappa shape index (κ2) is 8.41. The molecule has 1 aliphatic carbocycles. The first-order valence-corrected chi connectivity index (χ1v) is 7.82. The molecule has 0 radical (unpaired) electrons. The maximum Gasteiger partial charge on any atom is 0.191 e. The molecule has 1 aliphatic rings. The van der Waals surface area contributed by atoms with Crippen LogP contribution in [0.2, 0.25) is 0 Å². The van der Waals surface area contributed by atoms with Gasteiger partial charge >= 0.3 is 0 Å². The van der Waals surface area contributed by atoms with Crippen molar-refractivity contribution < 1.29 is 5.11 Å². The number of hydrogen-bond acceptors (Lipinski definition) is 2. The van der Waals surface area contributed by atoms with Crippen molar-refractivity contribution in [1.82, 2.24) is 10.6 Å². The highest BCUT2D eigenvalue weighted by Gasteiger charge is 2.25. The highest BCUT2D eigenvalue weighted by molar-refractivity contribution is 5.79. The fraction of sp³-hybridized carbons (Fsp3) is 0.933. The lowest BCUT2D eigenvalue weighted by atomic mass is 9.79. The van der Waals surface area contributed by atoms with Gasteiger partial charge in [0.1, 0.15) is 0 Å². The molecule has 4 heteroatoms. The Morgan fingerprint density at radius 3 is 2.37 bits per heavy atom. The Morgan fingerprint density at radius 2 is 1.89 bits per heavy atom. The number of aliphatic imine (C=N–C) groups is 1. The van der Waals surface area contributed by atoms with E-state index < -0.39 is 0 Å². The third kappa shape index (κ3) is 5.81. The van der Waals surface area contributed by atoms with Gasteiger partial charge in [-0.3, -0.25) is 4.99 Å². The molecule has 1 fully saturated rings. The van der Waals surface area contributed by atoms with Crippen LogP contribution in [0.5, 0.6) is 0 Å². The van der Waals surface area contributed by atoms with Gasteiger partial charge in [0.25, 0.3) is 0 Å². The van der Waals surface area contributed by atoms with E-state index in [0.717, 1.165) is 50.8 Å². The van der Waals surface area contributed by atoms with Crippen LogP contribution in [0.3, 0.4) is 0 Å². The molecule has 0 aromatic heterocycles. The number of nitrogens with zero attached hydrogens (tertiary/aromatic N) is 1. The highest BCUT2D eigenvalue weighted by atomic mass is 16.3. The van der Waals surface area contributed by atoms with Crippen LogP contribution in [0.1, 0.15) is 52.9 Å². The quantitative estimate of drug-likeness (QED) is 0.444. The van der Waals surface area contributed by atoms with Gasteiger partial charge in [0.2, 0.25) is 0 Å². The predicted molar refractivity (Wildman–Crippen MR) is 81.4 cm³/mol. The summed E-state index contributed by atoms with van der Waals surface area (Å²) in [5.41, 5.74) is 0.149. The lowest BCUT2D eigenvalue weighted by Gasteiger charge is -2.29. The molecular weight excluding hydrogens is 238 g/mol. The zero-order valence-corrected chi connectivity index (χ0v) is 12.8. The molecule has 0 atom stereocenters. The van der Waals surface area contributed by atoms with Gasteiger partial charge in [-0.1, -0.05) is 13.8 Å². The fourth-order valence-corrected chi connectivity index (χ4v) is 2.29. The Labute approximate surface area is 118 Å². The minimum absolute atomic E-state index is 0.149. The molecule has 0 unspecified atom stereocenters. The van der Waals surface area contributed by atoms with E-state index in [0.29, 0.717) is 0 Å². The molecule has 112 valence electrons. The summed E-state index contributed by atoms with van der Waals surface area (Å²) in [4.78, 5) is 4.73. The van der Waals surface area contributed by atoms with E-state index in [1.807, 2.05) is 0 Å². The zero-order valence-electron chi connectivity index (χ0n) is 12.8. The van der Waals surface area contributed by atoms with Gasteiger partial charge < -0.3 is 15.7 Å². The molecule has 0 aromatic carbocycles. The summed E-state index contributed by atoms with van der Waals surface area (Å²) < 4.78 is 0. The van der Waals surface area contributed by atoms with Crippen molar-refractivity contribution in [3.8, 4) is 0 Å². The molecule has 0 amide bonds. The molecule has 3 N–H and O–H groups in total. The zero-order chi connectivity index (χ0) is 14.1. The topological polar surface area (TPSA) is 56.7 Å². The molecule has 4 nitrogen and oxygen atoms in total. The molecule has 0 bridgehead atoms. The average molecular weight is 269 g/mol. The number of rotatable bonds is 9. The minimum Gasteiger partial charge on any atom is -0.396 e. The van der Waals surface area contributed by atoms with Gasteiger partial charge in [0.05, 0.1) is 0 Å². The third-order valence-corrected chi connectivity index (χ3v) is 4.31. The van der Waals surface area contributed by atoms with Crippen LogP contribution >= 0.6 is 0 Å². The summed E-state index contributed by atoms with van der Waals surface area (Å²) in [6, 6.07) is 0. The summed E-state index contributed by atoms with van der Waals surface area (Å²) in [6.45, 7) is 9.45. The summed E-state index contributed by atoms with van der Waals surface area (Å²) in [5.74, 6) is 1.78. The Morgan fingerprint density at radius 1 is 1.21 bits per heavy atom. The van der Waals surface area contributed by atoms with E-state index in [4.69, 9.17) is 4.99 Å².